The van der Waals surface area contributed by atoms with E-state index < -0.39 is 14.0 Å². The van der Waals surface area contributed by atoms with E-state index in [0.717, 1.165) is 11.1 Å². The van der Waals surface area contributed by atoms with E-state index in [1.54, 1.807) is 0 Å². The molecule has 0 fully saturated rings. The maximum atomic E-state index is 10.6. The summed E-state index contributed by atoms with van der Waals surface area (Å²) in [7, 11) is -0.745. The number of hydrogen-bond acceptors (Lipinski definition) is 2. The first-order valence-electron chi connectivity index (χ1n) is 8.52. The fraction of sp³-hybridized carbons (Fsp3) is 0.227. The fourth-order valence-corrected chi connectivity index (χ4v) is 4.95. The molecular formula is C22H24NOP. The third-order valence-corrected chi connectivity index (χ3v) is 6.45. The molecular weight excluding hydrogens is 325 g/mol. The molecule has 1 unspecified atom stereocenters. The van der Waals surface area contributed by atoms with E-state index in [9.17, 15) is 5.11 Å². The molecule has 1 N–H and O–H groups in total. The minimum Gasteiger partial charge on any atom is -0.386 e. The molecule has 3 rings (SSSR count). The highest BCUT2D eigenvalue weighted by atomic mass is 31.1. The first kappa shape index (κ1) is 17.8. The number of aliphatic hydroxyl groups is 1. The Labute approximate surface area is 151 Å². The number of hydrogen-bond donors (Lipinski definition) is 1. The van der Waals surface area contributed by atoms with Crippen molar-refractivity contribution >= 4 is 24.0 Å². The van der Waals surface area contributed by atoms with Crippen molar-refractivity contribution in [1.82, 2.24) is 4.98 Å². The lowest BCUT2D eigenvalue weighted by molar-refractivity contribution is 0.0591. The Morgan fingerprint density at radius 3 is 1.76 bits per heavy atom. The Balaban J connectivity index is 2.09. The van der Waals surface area contributed by atoms with Gasteiger partial charge in [0, 0.05) is 7.92 Å². The van der Waals surface area contributed by atoms with Gasteiger partial charge < -0.3 is 5.11 Å². The molecule has 0 radical (unpaired) electrons. The highest BCUT2D eigenvalue weighted by Gasteiger charge is 2.26. The Morgan fingerprint density at radius 2 is 1.28 bits per heavy atom. The molecule has 1 heterocycles. The number of rotatable bonds is 4. The number of aliphatic hydroxyl groups excluding tert-OH is 1. The molecule has 0 aliphatic rings. The maximum absolute atomic E-state index is 10.6. The molecule has 0 amide bonds. The van der Waals surface area contributed by atoms with Crippen LogP contribution < -0.4 is 16.0 Å². The third kappa shape index (κ3) is 4.15. The average Bonchev–Trinajstić information content (AvgIpc) is 2.63. The number of benzene rings is 2. The van der Waals surface area contributed by atoms with E-state index >= 15 is 0 Å². The van der Waals surface area contributed by atoms with Gasteiger partial charge in [-0.1, -0.05) is 87.5 Å². The molecule has 2 aromatic carbocycles. The van der Waals surface area contributed by atoms with Crippen LogP contribution in [0.2, 0.25) is 0 Å². The van der Waals surface area contributed by atoms with Crippen molar-refractivity contribution in [1.29, 1.82) is 0 Å². The van der Waals surface area contributed by atoms with E-state index in [0.29, 0.717) is 0 Å². The lowest BCUT2D eigenvalue weighted by atomic mass is 9.87. The maximum Gasteiger partial charge on any atom is 0.101 e. The molecule has 0 spiro atoms. The van der Waals surface area contributed by atoms with Crippen molar-refractivity contribution < 1.29 is 5.11 Å². The number of pyridine rings is 1. The first-order chi connectivity index (χ1) is 12.0. The van der Waals surface area contributed by atoms with Crippen molar-refractivity contribution in [3.63, 3.8) is 0 Å². The van der Waals surface area contributed by atoms with Crippen molar-refractivity contribution in [2.45, 2.75) is 26.9 Å². The smallest absolute Gasteiger partial charge is 0.101 e. The second kappa shape index (κ2) is 7.47. The lowest BCUT2D eigenvalue weighted by Gasteiger charge is -2.26. The molecule has 25 heavy (non-hydrogen) atoms. The standard InChI is InChI=1S/C22H24NOP/c1-22(2,3)21(24)19-15-10-16-20(23-19)25(17-11-6-4-7-12-17)18-13-8-5-9-14-18/h4-16,21,24H,1-3H3. The fourth-order valence-electron chi connectivity index (χ4n) is 2.73. The molecule has 1 aromatic heterocycles. The molecule has 0 saturated carbocycles. The van der Waals surface area contributed by atoms with Crippen LogP contribution in [0, 0.1) is 5.41 Å². The zero-order chi connectivity index (χ0) is 17.9. The van der Waals surface area contributed by atoms with Crippen LogP contribution in [-0.2, 0) is 0 Å². The normalized spacial score (nSPS) is 13.0. The summed E-state index contributed by atoms with van der Waals surface area (Å²) < 4.78 is 0. The Hall–Kier alpha value is -2.02. The van der Waals surface area contributed by atoms with Gasteiger partial charge in [-0.15, -0.1) is 0 Å². The van der Waals surface area contributed by atoms with Crippen LogP contribution in [0.15, 0.2) is 78.9 Å². The predicted molar refractivity (Wildman–Crippen MR) is 107 cm³/mol. The van der Waals surface area contributed by atoms with Crippen molar-refractivity contribution in [2.24, 2.45) is 5.41 Å². The van der Waals surface area contributed by atoms with Gasteiger partial charge in [0.15, 0.2) is 0 Å². The van der Waals surface area contributed by atoms with Crippen molar-refractivity contribution in [2.75, 3.05) is 0 Å². The highest BCUT2D eigenvalue weighted by Crippen LogP contribution is 2.34. The largest absolute Gasteiger partial charge is 0.386 e. The van der Waals surface area contributed by atoms with Gasteiger partial charge >= 0.3 is 0 Å². The Bertz CT molecular complexity index is 773. The zero-order valence-electron chi connectivity index (χ0n) is 14.9. The third-order valence-electron chi connectivity index (χ3n) is 4.11. The summed E-state index contributed by atoms with van der Waals surface area (Å²) in [6, 6.07) is 27.0. The average molecular weight is 349 g/mol. The van der Waals surface area contributed by atoms with E-state index in [4.69, 9.17) is 4.98 Å². The first-order valence-corrected chi connectivity index (χ1v) is 9.86. The van der Waals surface area contributed by atoms with Crippen LogP contribution in [0.5, 0.6) is 0 Å². The molecule has 128 valence electrons. The SMILES string of the molecule is CC(C)(C)C(O)c1cccc(P(c2ccccc2)c2ccccc2)n1. The molecule has 2 nitrogen and oxygen atoms in total. The molecule has 0 bridgehead atoms. The number of nitrogens with zero attached hydrogens (tertiary/aromatic N) is 1. The molecule has 0 aliphatic heterocycles. The van der Waals surface area contributed by atoms with Crippen LogP contribution in [0.3, 0.4) is 0 Å². The minimum atomic E-state index is -0.745. The summed E-state index contributed by atoms with van der Waals surface area (Å²) >= 11 is 0. The van der Waals surface area contributed by atoms with Crippen LogP contribution in [0.25, 0.3) is 0 Å². The van der Waals surface area contributed by atoms with Crippen LogP contribution in [0.4, 0.5) is 0 Å². The van der Waals surface area contributed by atoms with E-state index in [1.165, 1.54) is 10.6 Å². The van der Waals surface area contributed by atoms with Gasteiger partial charge in [-0.3, -0.25) is 0 Å². The van der Waals surface area contributed by atoms with Gasteiger partial charge in [0.25, 0.3) is 0 Å². The van der Waals surface area contributed by atoms with Gasteiger partial charge in [-0.25, -0.2) is 4.98 Å². The summed E-state index contributed by atoms with van der Waals surface area (Å²) in [6.07, 6.45) is -0.587. The van der Waals surface area contributed by atoms with Gasteiger partial charge in [0.1, 0.15) is 6.10 Å². The topological polar surface area (TPSA) is 33.1 Å². The summed E-state index contributed by atoms with van der Waals surface area (Å²) in [5.41, 5.74) is 1.52. The van der Waals surface area contributed by atoms with Crippen molar-refractivity contribution in [3.8, 4) is 0 Å². The van der Waals surface area contributed by atoms with Crippen molar-refractivity contribution in [3.05, 3.63) is 84.6 Å². The summed E-state index contributed by atoms with van der Waals surface area (Å²) in [6.45, 7) is 6.09. The Kier molecular flexibility index (Phi) is 5.32. The Morgan fingerprint density at radius 1 is 0.760 bits per heavy atom. The molecule has 3 heteroatoms. The lowest BCUT2D eigenvalue weighted by Crippen LogP contribution is -2.26. The van der Waals surface area contributed by atoms with Gasteiger partial charge in [0.2, 0.25) is 0 Å². The van der Waals surface area contributed by atoms with Gasteiger partial charge in [-0.05, 0) is 28.2 Å². The second-order valence-electron chi connectivity index (χ2n) is 7.20. The number of aromatic nitrogens is 1. The van der Waals surface area contributed by atoms with Gasteiger partial charge in [0.05, 0.1) is 11.1 Å². The molecule has 3 aromatic rings. The summed E-state index contributed by atoms with van der Waals surface area (Å²) in [4.78, 5) is 4.87. The van der Waals surface area contributed by atoms with Crippen LogP contribution in [-0.4, -0.2) is 10.1 Å². The molecule has 0 saturated heterocycles. The van der Waals surface area contributed by atoms with Gasteiger partial charge in [-0.2, -0.15) is 0 Å². The monoisotopic (exact) mass is 349 g/mol. The minimum absolute atomic E-state index is 0.242. The quantitative estimate of drug-likeness (QED) is 0.724. The van der Waals surface area contributed by atoms with E-state index in [-0.39, 0.29) is 5.41 Å². The molecule has 1 atom stereocenters. The van der Waals surface area contributed by atoms with E-state index in [1.807, 2.05) is 45.0 Å². The molecule has 0 aliphatic carbocycles. The predicted octanol–water partition coefficient (Wildman–Crippen LogP) is 3.92. The van der Waals surface area contributed by atoms with Crippen LogP contribution in [0.1, 0.15) is 32.6 Å². The summed E-state index contributed by atoms with van der Waals surface area (Å²) in [5.74, 6) is 0. The van der Waals surface area contributed by atoms with E-state index in [2.05, 4.69) is 54.6 Å². The highest BCUT2D eigenvalue weighted by molar-refractivity contribution is 7.79. The summed E-state index contributed by atoms with van der Waals surface area (Å²) in [5, 5.41) is 13.2. The second-order valence-corrected chi connectivity index (χ2v) is 9.36. The zero-order valence-corrected chi connectivity index (χ0v) is 15.8. The van der Waals surface area contributed by atoms with Crippen LogP contribution >= 0.6 is 7.92 Å².